The monoisotopic (exact) mass is 408 g/mol. The zero-order valence-electron chi connectivity index (χ0n) is 17.0. The van der Waals surface area contributed by atoms with Crippen molar-refractivity contribution in [1.29, 1.82) is 0 Å². The third-order valence-electron chi connectivity index (χ3n) is 5.29. The second-order valence-electron chi connectivity index (χ2n) is 7.35. The fourth-order valence-corrected chi connectivity index (χ4v) is 3.74. The van der Waals surface area contributed by atoms with Crippen molar-refractivity contribution in [3.05, 3.63) is 95.9 Å². The normalized spacial score (nSPS) is 11.1. The Hall–Kier alpha value is -4.06. The van der Waals surface area contributed by atoms with Crippen molar-refractivity contribution in [3.8, 4) is 11.1 Å². The molecular formula is C25H20N4O2. The number of fused-ring (bicyclic) bond motifs is 3. The highest BCUT2D eigenvalue weighted by Gasteiger charge is 2.17. The number of nitrogens with zero attached hydrogens (tertiary/aromatic N) is 4. The number of carbonyl (C=O) groups is 1. The van der Waals surface area contributed by atoms with Gasteiger partial charge < -0.3 is 4.74 Å². The molecule has 31 heavy (non-hydrogen) atoms. The molecule has 5 rings (SSSR count). The highest BCUT2D eigenvalue weighted by atomic mass is 16.5. The topological polar surface area (TPSA) is 69.4 Å². The van der Waals surface area contributed by atoms with E-state index in [1.165, 1.54) is 0 Å². The fraction of sp³-hybridized carbons (Fsp3) is 0.120. The summed E-state index contributed by atoms with van der Waals surface area (Å²) < 4.78 is 7.46. The van der Waals surface area contributed by atoms with Crippen LogP contribution in [0.3, 0.4) is 0 Å². The van der Waals surface area contributed by atoms with Crippen LogP contribution in [0, 0.1) is 6.92 Å². The van der Waals surface area contributed by atoms with Gasteiger partial charge in [-0.15, -0.1) is 10.2 Å². The van der Waals surface area contributed by atoms with E-state index in [0.29, 0.717) is 24.2 Å². The first-order valence-corrected chi connectivity index (χ1v) is 10.1. The minimum atomic E-state index is -0.364. The molecule has 0 saturated carbocycles. The fourth-order valence-electron chi connectivity index (χ4n) is 3.74. The molecule has 0 aliphatic carbocycles. The second kappa shape index (κ2) is 7.99. The van der Waals surface area contributed by atoms with Gasteiger partial charge in [0, 0.05) is 12.0 Å². The highest BCUT2D eigenvalue weighted by Crippen LogP contribution is 2.30. The standard InChI is InChI=1S/C25H20N4O2/c1-17-24-28-26-16-29(24)22-15-20(25(30)31-13-12-18-8-4-2-5-9-18)14-21(23(22)27-17)19-10-6-3-7-11-19/h2-11,14-16H,12-13H2,1H3. The lowest BCUT2D eigenvalue weighted by molar-refractivity contribution is 0.0509. The largest absolute Gasteiger partial charge is 0.462 e. The smallest absolute Gasteiger partial charge is 0.338 e. The van der Waals surface area contributed by atoms with Gasteiger partial charge in [0.1, 0.15) is 6.33 Å². The van der Waals surface area contributed by atoms with Crippen molar-refractivity contribution < 1.29 is 9.53 Å². The Morgan fingerprint density at radius 2 is 1.74 bits per heavy atom. The molecule has 5 aromatic rings. The van der Waals surface area contributed by atoms with Gasteiger partial charge in [-0.25, -0.2) is 9.78 Å². The van der Waals surface area contributed by atoms with Gasteiger partial charge >= 0.3 is 5.97 Å². The molecule has 0 atom stereocenters. The molecule has 0 amide bonds. The van der Waals surface area contributed by atoms with Gasteiger partial charge in [0.25, 0.3) is 0 Å². The zero-order chi connectivity index (χ0) is 21.2. The van der Waals surface area contributed by atoms with E-state index in [4.69, 9.17) is 9.72 Å². The molecule has 152 valence electrons. The van der Waals surface area contributed by atoms with Crippen LogP contribution in [-0.4, -0.2) is 32.2 Å². The van der Waals surface area contributed by atoms with Gasteiger partial charge in [-0.1, -0.05) is 60.7 Å². The summed E-state index contributed by atoms with van der Waals surface area (Å²) in [4.78, 5) is 17.7. The first-order valence-electron chi connectivity index (χ1n) is 10.1. The summed E-state index contributed by atoms with van der Waals surface area (Å²) >= 11 is 0. The molecule has 0 unspecified atom stereocenters. The summed E-state index contributed by atoms with van der Waals surface area (Å²) in [6.45, 7) is 2.22. The molecule has 0 bridgehead atoms. The van der Waals surface area contributed by atoms with Crippen LogP contribution < -0.4 is 0 Å². The van der Waals surface area contributed by atoms with Crippen molar-refractivity contribution in [2.24, 2.45) is 0 Å². The van der Waals surface area contributed by atoms with Crippen LogP contribution in [0.25, 0.3) is 27.8 Å². The number of aromatic nitrogens is 4. The van der Waals surface area contributed by atoms with Crippen molar-refractivity contribution >= 4 is 22.6 Å². The van der Waals surface area contributed by atoms with Crippen molar-refractivity contribution in [2.45, 2.75) is 13.3 Å². The summed E-state index contributed by atoms with van der Waals surface area (Å²) in [6, 6.07) is 23.5. The van der Waals surface area contributed by atoms with Crippen molar-refractivity contribution in [3.63, 3.8) is 0 Å². The van der Waals surface area contributed by atoms with Gasteiger partial charge in [0.05, 0.1) is 28.9 Å². The summed E-state index contributed by atoms with van der Waals surface area (Å²) in [5.74, 6) is -0.364. The molecule has 0 saturated heterocycles. The minimum absolute atomic E-state index is 0.315. The van der Waals surface area contributed by atoms with Crippen molar-refractivity contribution in [2.75, 3.05) is 6.61 Å². The molecule has 0 aliphatic heterocycles. The van der Waals surface area contributed by atoms with Gasteiger partial charge in [-0.3, -0.25) is 4.40 Å². The van der Waals surface area contributed by atoms with E-state index in [0.717, 1.165) is 33.4 Å². The van der Waals surface area contributed by atoms with Crippen LogP contribution in [0.15, 0.2) is 79.1 Å². The van der Waals surface area contributed by atoms with E-state index in [-0.39, 0.29) is 5.97 Å². The molecule has 3 aromatic carbocycles. The molecule has 0 fully saturated rings. The lowest BCUT2D eigenvalue weighted by atomic mass is 10.0. The number of benzene rings is 3. The average Bonchev–Trinajstić information content (AvgIpc) is 3.31. The van der Waals surface area contributed by atoms with E-state index in [9.17, 15) is 4.79 Å². The third kappa shape index (κ3) is 3.64. The Labute approximate surface area is 179 Å². The summed E-state index contributed by atoms with van der Waals surface area (Å²) in [5, 5.41) is 8.19. The maximum absolute atomic E-state index is 12.9. The lowest BCUT2D eigenvalue weighted by Crippen LogP contribution is -2.09. The average molecular weight is 408 g/mol. The van der Waals surface area contributed by atoms with Crippen molar-refractivity contribution in [1.82, 2.24) is 19.6 Å². The Bertz CT molecular complexity index is 1380. The minimum Gasteiger partial charge on any atom is -0.462 e. The summed E-state index contributed by atoms with van der Waals surface area (Å²) in [7, 11) is 0. The second-order valence-corrected chi connectivity index (χ2v) is 7.35. The lowest BCUT2D eigenvalue weighted by Gasteiger charge is -2.12. The molecule has 0 aliphatic rings. The SMILES string of the molecule is Cc1nc2c(-c3ccccc3)cc(C(=O)OCCc3ccccc3)cc2n2cnnc12. The Balaban J connectivity index is 1.56. The van der Waals surface area contributed by atoms with E-state index < -0.39 is 0 Å². The number of carbonyl (C=O) groups excluding carboxylic acids is 1. The highest BCUT2D eigenvalue weighted by molar-refractivity contribution is 6.01. The molecule has 6 heteroatoms. The van der Waals surface area contributed by atoms with E-state index in [1.54, 1.807) is 12.4 Å². The molecule has 6 nitrogen and oxygen atoms in total. The van der Waals surface area contributed by atoms with E-state index >= 15 is 0 Å². The van der Waals surface area contributed by atoms with E-state index in [2.05, 4.69) is 10.2 Å². The number of ether oxygens (including phenoxy) is 1. The first-order chi connectivity index (χ1) is 15.2. The van der Waals surface area contributed by atoms with Crippen LogP contribution >= 0.6 is 0 Å². The number of rotatable bonds is 5. The Morgan fingerprint density at radius 1 is 1.00 bits per heavy atom. The summed E-state index contributed by atoms with van der Waals surface area (Å²) in [6.07, 6.45) is 2.31. The van der Waals surface area contributed by atoms with Crippen LogP contribution in [0.1, 0.15) is 21.6 Å². The van der Waals surface area contributed by atoms with Gasteiger partial charge in [0.2, 0.25) is 0 Å². The summed E-state index contributed by atoms with van der Waals surface area (Å²) in [5.41, 5.74) is 6.45. The first kappa shape index (κ1) is 18.9. The maximum Gasteiger partial charge on any atom is 0.338 e. The maximum atomic E-state index is 12.9. The van der Waals surface area contributed by atoms with Crippen LogP contribution in [-0.2, 0) is 11.2 Å². The Kier molecular flexibility index (Phi) is 4.88. The zero-order valence-corrected chi connectivity index (χ0v) is 17.0. The predicted molar refractivity (Wildman–Crippen MR) is 119 cm³/mol. The quantitative estimate of drug-likeness (QED) is 0.396. The van der Waals surface area contributed by atoms with E-state index in [1.807, 2.05) is 78.1 Å². The van der Waals surface area contributed by atoms with Gasteiger partial charge in [-0.05, 0) is 30.2 Å². The predicted octanol–water partition coefficient (Wildman–Crippen LogP) is 4.65. The third-order valence-corrected chi connectivity index (χ3v) is 5.29. The van der Waals surface area contributed by atoms with Crippen LogP contribution in [0.2, 0.25) is 0 Å². The number of aryl methyl sites for hydroxylation is 1. The molecule has 2 aromatic heterocycles. The number of hydrogen-bond donors (Lipinski definition) is 0. The molecule has 0 N–H and O–H groups in total. The molecule has 0 spiro atoms. The molecule has 2 heterocycles. The van der Waals surface area contributed by atoms with Gasteiger partial charge in [-0.2, -0.15) is 0 Å². The van der Waals surface area contributed by atoms with Crippen LogP contribution in [0.4, 0.5) is 0 Å². The molecular weight excluding hydrogens is 388 g/mol. The number of hydrogen-bond acceptors (Lipinski definition) is 5. The number of esters is 1. The van der Waals surface area contributed by atoms with Crippen LogP contribution in [0.5, 0.6) is 0 Å². The Morgan fingerprint density at radius 3 is 2.52 bits per heavy atom. The van der Waals surface area contributed by atoms with Gasteiger partial charge in [0.15, 0.2) is 5.65 Å². The molecule has 0 radical (unpaired) electrons.